The highest BCUT2D eigenvalue weighted by Crippen LogP contribution is 2.23. The third-order valence-corrected chi connectivity index (χ3v) is 5.04. The van der Waals surface area contributed by atoms with Crippen LogP contribution < -0.4 is 9.64 Å². The zero-order valence-corrected chi connectivity index (χ0v) is 16.8. The minimum absolute atomic E-state index is 0.0155. The number of nitrogens with zero attached hydrogens (tertiary/aromatic N) is 1. The maximum absolute atomic E-state index is 12.9. The number of amides is 1. The number of carbonyl (C=O) groups is 2. The quantitative estimate of drug-likeness (QED) is 0.404. The van der Waals surface area contributed by atoms with E-state index in [4.69, 9.17) is 9.47 Å². The Balaban J connectivity index is 1.90. The molecule has 0 spiro atoms. The zero-order chi connectivity index (χ0) is 19.5. The number of rotatable bonds is 11. The number of hydrogen-bond donors (Lipinski definition) is 0. The van der Waals surface area contributed by atoms with Gasteiger partial charge < -0.3 is 14.4 Å². The van der Waals surface area contributed by atoms with Gasteiger partial charge >= 0.3 is 5.97 Å². The van der Waals surface area contributed by atoms with Crippen LogP contribution >= 0.6 is 11.3 Å². The fraction of sp³-hybridized carbons (Fsp3) is 0.429. The van der Waals surface area contributed by atoms with Gasteiger partial charge in [0.25, 0.3) is 5.91 Å². The molecule has 0 aliphatic rings. The number of benzene rings is 1. The van der Waals surface area contributed by atoms with Crippen molar-refractivity contribution in [1.82, 2.24) is 0 Å². The molecule has 0 atom stereocenters. The molecule has 0 fully saturated rings. The fourth-order valence-electron chi connectivity index (χ4n) is 2.77. The minimum Gasteiger partial charge on any atom is -0.497 e. The van der Waals surface area contributed by atoms with E-state index in [1.54, 1.807) is 7.11 Å². The van der Waals surface area contributed by atoms with Crippen LogP contribution in [0.1, 0.15) is 48.7 Å². The third-order valence-electron chi connectivity index (χ3n) is 4.18. The summed E-state index contributed by atoms with van der Waals surface area (Å²) in [5, 5.41) is 1.91. The van der Waals surface area contributed by atoms with Crippen LogP contribution in [0.5, 0.6) is 5.75 Å². The number of ether oxygens (including phenoxy) is 2. The summed E-state index contributed by atoms with van der Waals surface area (Å²) in [7, 11) is 1.62. The molecule has 0 unspecified atom stereocenters. The van der Waals surface area contributed by atoms with E-state index in [0.717, 1.165) is 42.0 Å². The van der Waals surface area contributed by atoms with Crippen molar-refractivity contribution >= 4 is 28.9 Å². The lowest BCUT2D eigenvalue weighted by Crippen LogP contribution is -2.31. The van der Waals surface area contributed by atoms with Crippen LogP contribution in [0.15, 0.2) is 41.8 Å². The Labute approximate surface area is 164 Å². The van der Waals surface area contributed by atoms with Gasteiger partial charge in [-0.3, -0.25) is 9.59 Å². The normalized spacial score (nSPS) is 10.4. The molecule has 1 amide bonds. The molecule has 2 aromatic rings. The van der Waals surface area contributed by atoms with Crippen molar-refractivity contribution in [2.45, 2.75) is 39.0 Å². The zero-order valence-electron chi connectivity index (χ0n) is 16.0. The van der Waals surface area contributed by atoms with E-state index < -0.39 is 0 Å². The monoisotopic (exact) mass is 389 g/mol. The van der Waals surface area contributed by atoms with Crippen molar-refractivity contribution in [3.8, 4) is 5.75 Å². The van der Waals surface area contributed by atoms with E-state index in [0.29, 0.717) is 19.6 Å². The molecule has 6 heteroatoms. The molecule has 0 N–H and O–H groups in total. The number of anilines is 1. The summed E-state index contributed by atoms with van der Waals surface area (Å²) in [5.41, 5.74) is 0.862. The molecule has 1 heterocycles. The summed E-state index contributed by atoms with van der Waals surface area (Å²) in [6.45, 7) is 2.89. The van der Waals surface area contributed by atoms with Gasteiger partial charge in [-0.15, -0.1) is 11.3 Å². The lowest BCUT2D eigenvalue weighted by Gasteiger charge is -2.22. The van der Waals surface area contributed by atoms with Crippen LogP contribution in [0.25, 0.3) is 0 Å². The minimum atomic E-state index is -0.134. The van der Waals surface area contributed by atoms with Crippen LogP contribution in [-0.2, 0) is 9.53 Å². The van der Waals surface area contributed by atoms with E-state index in [1.807, 2.05) is 53.6 Å². The van der Waals surface area contributed by atoms with Gasteiger partial charge in [-0.05, 0) is 55.5 Å². The van der Waals surface area contributed by atoms with Gasteiger partial charge in [0, 0.05) is 18.7 Å². The number of esters is 1. The molecular weight excluding hydrogens is 362 g/mol. The fourth-order valence-corrected chi connectivity index (χ4v) is 3.44. The first kappa shape index (κ1) is 21.0. The molecule has 0 saturated heterocycles. The van der Waals surface area contributed by atoms with Gasteiger partial charge in [0.05, 0.1) is 18.6 Å². The molecule has 0 bridgehead atoms. The van der Waals surface area contributed by atoms with Gasteiger partial charge in [0.1, 0.15) is 5.75 Å². The number of carbonyl (C=O) groups excluding carboxylic acids is 2. The summed E-state index contributed by atoms with van der Waals surface area (Å²) < 4.78 is 10.1. The molecule has 5 nitrogen and oxygen atoms in total. The van der Waals surface area contributed by atoms with Crippen LogP contribution in [0.4, 0.5) is 5.69 Å². The Morgan fingerprint density at radius 3 is 2.41 bits per heavy atom. The highest BCUT2D eigenvalue weighted by molar-refractivity contribution is 7.12. The van der Waals surface area contributed by atoms with Crippen LogP contribution in [0, 0.1) is 0 Å². The predicted octanol–water partition coefficient (Wildman–Crippen LogP) is 4.92. The van der Waals surface area contributed by atoms with Gasteiger partial charge in [-0.25, -0.2) is 0 Å². The van der Waals surface area contributed by atoms with Gasteiger partial charge in [-0.2, -0.15) is 0 Å². The van der Waals surface area contributed by atoms with E-state index in [2.05, 4.69) is 0 Å². The maximum atomic E-state index is 12.9. The Morgan fingerprint density at radius 2 is 1.78 bits per heavy atom. The highest BCUT2D eigenvalue weighted by Gasteiger charge is 2.18. The SMILES string of the molecule is CCOC(=O)CCCCCCN(C(=O)c1cccs1)c1ccc(OC)cc1. The van der Waals surface area contributed by atoms with Gasteiger partial charge in [0.15, 0.2) is 0 Å². The molecule has 0 radical (unpaired) electrons. The molecule has 146 valence electrons. The van der Waals surface area contributed by atoms with E-state index in [1.165, 1.54) is 11.3 Å². The third kappa shape index (κ3) is 6.71. The summed E-state index contributed by atoms with van der Waals surface area (Å²) in [6.07, 6.45) is 4.07. The maximum Gasteiger partial charge on any atom is 0.305 e. The number of hydrogen-bond acceptors (Lipinski definition) is 5. The molecule has 1 aromatic heterocycles. The molecule has 0 aliphatic heterocycles. The molecular formula is C21H27NO4S. The topological polar surface area (TPSA) is 55.8 Å². The van der Waals surface area contributed by atoms with E-state index in [-0.39, 0.29) is 11.9 Å². The Kier molecular flexibility index (Phi) is 8.84. The molecule has 27 heavy (non-hydrogen) atoms. The molecule has 0 saturated carbocycles. The van der Waals surface area contributed by atoms with Gasteiger partial charge in [-0.1, -0.05) is 18.9 Å². The number of thiophene rings is 1. The second-order valence-electron chi connectivity index (χ2n) is 6.10. The predicted molar refractivity (Wildman–Crippen MR) is 109 cm³/mol. The number of unbranched alkanes of at least 4 members (excludes halogenated alkanes) is 3. The Morgan fingerprint density at radius 1 is 1.04 bits per heavy atom. The molecule has 0 aliphatic carbocycles. The lowest BCUT2D eigenvalue weighted by atomic mass is 10.1. The first-order valence-electron chi connectivity index (χ1n) is 9.30. The van der Waals surface area contributed by atoms with Crippen molar-refractivity contribution in [2.24, 2.45) is 0 Å². The summed E-state index contributed by atoms with van der Waals surface area (Å²) in [6, 6.07) is 11.3. The highest BCUT2D eigenvalue weighted by atomic mass is 32.1. The second-order valence-corrected chi connectivity index (χ2v) is 7.05. The van der Waals surface area contributed by atoms with Crippen molar-refractivity contribution in [3.05, 3.63) is 46.7 Å². The summed E-state index contributed by atoms with van der Waals surface area (Å²) in [5.74, 6) is 0.646. The van der Waals surface area contributed by atoms with Crippen molar-refractivity contribution in [2.75, 3.05) is 25.2 Å². The van der Waals surface area contributed by atoms with E-state index in [9.17, 15) is 9.59 Å². The Hall–Kier alpha value is -2.34. The average molecular weight is 390 g/mol. The van der Waals surface area contributed by atoms with Crippen LogP contribution in [0.2, 0.25) is 0 Å². The molecule has 1 aromatic carbocycles. The molecule has 2 rings (SSSR count). The van der Waals surface area contributed by atoms with Crippen molar-refractivity contribution in [3.63, 3.8) is 0 Å². The van der Waals surface area contributed by atoms with Crippen LogP contribution in [-0.4, -0.2) is 32.1 Å². The standard InChI is InChI=1S/C21H27NO4S/c1-3-26-20(23)10-6-4-5-7-15-22(21(24)19-9-8-16-27-19)17-11-13-18(25-2)14-12-17/h8-9,11-14,16H,3-7,10,15H2,1-2H3. The average Bonchev–Trinajstić information content (AvgIpc) is 3.22. The summed E-state index contributed by atoms with van der Waals surface area (Å²) in [4.78, 5) is 26.8. The van der Waals surface area contributed by atoms with Crippen LogP contribution in [0.3, 0.4) is 0 Å². The lowest BCUT2D eigenvalue weighted by molar-refractivity contribution is -0.143. The summed E-state index contributed by atoms with van der Waals surface area (Å²) >= 11 is 1.45. The first-order chi connectivity index (χ1) is 13.2. The smallest absolute Gasteiger partial charge is 0.305 e. The first-order valence-corrected chi connectivity index (χ1v) is 10.2. The number of methoxy groups -OCH3 is 1. The Bertz CT molecular complexity index is 697. The van der Waals surface area contributed by atoms with Crippen molar-refractivity contribution in [1.29, 1.82) is 0 Å². The second kappa shape index (κ2) is 11.4. The van der Waals surface area contributed by atoms with Gasteiger partial charge in [0.2, 0.25) is 0 Å². The van der Waals surface area contributed by atoms with E-state index >= 15 is 0 Å². The van der Waals surface area contributed by atoms with Crippen molar-refractivity contribution < 1.29 is 19.1 Å². The largest absolute Gasteiger partial charge is 0.497 e.